The van der Waals surface area contributed by atoms with Gasteiger partial charge >= 0.3 is 6.09 Å². The Morgan fingerprint density at radius 3 is 2.12 bits per heavy atom. The lowest BCUT2D eigenvalue weighted by atomic mass is 9.99. The Bertz CT molecular complexity index is 1450. The van der Waals surface area contributed by atoms with Crippen molar-refractivity contribution in [2.75, 3.05) is 18.5 Å². The van der Waals surface area contributed by atoms with Crippen molar-refractivity contribution in [3.63, 3.8) is 0 Å². The number of aryl methyl sites for hydroxylation is 2. The molecule has 0 aromatic heterocycles. The standard InChI is InChI=1S/C34H39N3O6/c1-7-24-11-15-26(16-12-24)30(31(40)36-29-22(2)9-8-10-23(29)3)37(19-20-38)32(41)28(35-33(42)43-34(4,5)6)21-25-13-17-27(39)18-14-25/h1,8-18,28,30,38-39H,19-21H2,2-6H3,(H,35,42)(H,36,40). The molecule has 0 saturated heterocycles. The molecule has 0 saturated carbocycles. The summed E-state index contributed by atoms with van der Waals surface area (Å²) in [7, 11) is 0. The van der Waals surface area contributed by atoms with Crippen molar-refractivity contribution in [1.29, 1.82) is 0 Å². The Kier molecular flexibility index (Phi) is 10.9. The number of para-hydroxylation sites is 1. The first-order valence-electron chi connectivity index (χ1n) is 14.0. The van der Waals surface area contributed by atoms with Gasteiger partial charge in [-0.1, -0.05) is 48.4 Å². The molecule has 0 aliphatic carbocycles. The first-order valence-corrected chi connectivity index (χ1v) is 14.0. The van der Waals surface area contributed by atoms with E-state index in [-0.39, 0.29) is 18.7 Å². The second-order valence-electron chi connectivity index (χ2n) is 11.2. The van der Waals surface area contributed by atoms with Crippen molar-refractivity contribution in [2.24, 2.45) is 0 Å². The number of hydrogen-bond acceptors (Lipinski definition) is 6. The number of carbonyl (C=O) groups is 3. The fraction of sp³-hybridized carbons (Fsp3) is 0.324. The number of aliphatic hydroxyl groups excluding tert-OH is 1. The largest absolute Gasteiger partial charge is 0.508 e. The minimum atomic E-state index is -1.19. The number of nitrogens with zero attached hydrogens (tertiary/aromatic N) is 1. The van der Waals surface area contributed by atoms with E-state index >= 15 is 0 Å². The van der Waals surface area contributed by atoms with Gasteiger partial charge < -0.3 is 30.5 Å². The number of ether oxygens (including phenoxy) is 1. The summed E-state index contributed by atoms with van der Waals surface area (Å²) in [5, 5.41) is 25.4. The molecule has 0 spiro atoms. The Balaban J connectivity index is 2.08. The van der Waals surface area contributed by atoms with Crippen LogP contribution in [0, 0.1) is 26.2 Å². The number of aromatic hydroxyl groups is 1. The lowest BCUT2D eigenvalue weighted by Crippen LogP contribution is -2.53. The Hall–Kier alpha value is -4.81. The van der Waals surface area contributed by atoms with Crippen LogP contribution in [0.15, 0.2) is 66.7 Å². The third kappa shape index (κ3) is 9.09. The maximum absolute atomic E-state index is 14.3. The van der Waals surface area contributed by atoms with Gasteiger partial charge in [0.1, 0.15) is 23.4 Å². The van der Waals surface area contributed by atoms with Crippen molar-refractivity contribution in [2.45, 2.75) is 58.7 Å². The van der Waals surface area contributed by atoms with Gasteiger partial charge in [-0.3, -0.25) is 9.59 Å². The molecule has 0 aliphatic rings. The van der Waals surface area contributed by atoms with Gasteiger partial charge in [-0.25, -0.2) is 4.79 Å². The van der Waals surface area contributed by atoms with Crippen molar-refractivity contribution in [3.05, 3.63) is 94.5 Å². The van der Waals surface area contributed by atoms with Crippen LogP contribution in [-0.2, 0) is 20.7 Å². The lowest BCUT2D eigenvalue weighted by Gasteiger charge is -2.34. The van der Waals surface area contributed by atoms with Gasteiger partial charge in [0.15, 0.2) is 0 Å². The molecule has 9 nitrogen and oxygen atoms in total. The van der Waals surface area contributed by atoms with Gasteiger partial charge in [0.25, 0.3) is 5.91 Å². The highest BCUT2D eigenvalue weighted by Crippen LogP contribution is 2.27. The zero-order chi connectivity index (χ0) is 31.7. The molecule has 0 aliphatic heterocycles. The Labute approximate surface area is 252 Å². The number of carbonyl (C=O) groups excluding carboxylic acids is 3. The van der Waals surface area contributed by atoms with Crippen LogP contribution in [0.2, 0.25) is 0 Å². The minimum Gasteiger partial charge on any atom is -0.508 e. The molecule has 3 aromatic rings. The average molecular weight is 586 g/mol. The van der Waals surface area contributed by atoms with E-state index in [9.17, 15) is 24.6 Å². The highest BCUT2D eigenvalue weighted by atomic mass is 16.6. The number of hydrogen-bond donors (Lipinski definition) is 4. The van der Waals surface area contributed by atoms with Gasteiger partial charge in [0, 0.05) is 24.2 Å². The first-order chi connectivity index (χ1) is 20.3. The second-order valence-corrected chi connectivity index (χ2v) is 11.2. The topological polar surface area (TPSA) is 128 Å². The van der Waals surface area contributed by atoms with E-state index in [1.54, 1.807) is 57.2 Å². The number of phenolic OH excluding ortho intramolecular Hbond substituents is 1. The van der Waals surface area contributed by atoms with Crippen LogP contribution in [0.25, 0.3) is 0 Å². The van der Waals surface area contributed by atoms with E-state index in [2.05, 4.69) is 16.6 Å². The van der Waals surface area contributed by atoms with Gasteiger partial charge in [0.05, 0.1) is 6.61 Å². The number of phenols is 1. The third-order valence-corrected chi connectivity index (χ3v) is 6.67. The van der Waals surface area contributed by atoms with E-state index < -0.39 is 42.2 Å². The SMILES string of the molecule is C#Cc1ccc(C(C(=O)Nc2c(C)cccc2C)N(CCO)C(=O)C(Cc2ccc(O)cc2)NC(=O)OC(C)(C)C)cc1. The van der Waals surface area contributed by atoms with Crippen molar-refractivity contribution < 1.29 is 29.3 Å². The second kappa shape index (κ2) is 14.4. The molecule has 0 bridgehead atoms. The quantitative estimate of drug-likeness (QED) is 0.257. The molecule has 226 valence electrons. The van der Waals surface area contributed by atoms with Crippen LogP contribution in [0.4, 0.5) is 10.5 Å². The summed E-state index contributed by atoms with van der Waals surface area (Å²) < 4.78 is 5.43. The lowest BCUT2D eigenvalue weighted by molar-refractivity contribution is -0.141. The maximum Gasteiger partial charge on any atom is 0.408 e. The summed E-state index contributed by atoms with van der Waals surface area (Å²) in [5.41, 5.74) is 3.17. The smallest absolute Gasteiger partial charge is 0.408 e. The summed E-state index contributed by atoms with van der Waals surface area (Å²) >= 11 is 0. The van der Waals surface area contributed by atoms with Crippen LogP contribution < -0.4 is 10.6 Å². The minimum absolute atomic E-state index is 0.0293. The van der Waals surface area contributed by atoms with E-state index in [0.717, 1.165) is 11.1 Å². The van der Waals surface area contributed by atoms with E-state index in [0.29, 0.717) is 22.4 Å². The van der Waals surface area contributed by atoms with Crippen molar-refractivity contribution in [3.8, 4) is 18.1 Å². The van der Waals surface area contributed by atoms with Gasteiger partial charge in [-0.05, 0) is 81.1 Å². The number of terminal acetylenes is 1. The molecule has 2 atom stereocenters. The van der Waals surface area contributed by atoms with Crippen LogP contribution in [-0.4, -0.2) is 57.8 Å². The zero-order valence-corrected chi connectivity index (χ0v) is 25.2. The Morgan fingerprint density at radius 1 is 0.977 bits per heavy atom. The molecular formula is C34H39N3O6. The Morgan fingerprint density at radius 2 is 1.58 bits per heavy atom. The molecule has 9 heteroatoms. The molecule has 3 amide bonds. The van der Waals surface area contributed by atoms with Crippen LogP contribution in [0.1, 0.15) is 54.6 Å². The van der Waals surface area contributed by atoms with Gasteiger partial charge in [0.2, 0.25) is 5.91 Å². The number of rotatable bonds is 10. The highest BCUT2D eigenvalue weighted by molar-refractivity contribution is 6.00. The summed E-state index contributed by atoms with van der Waals surface area (Å²) in [6, 6.07) is 16.1. The van der Waals surface area contributed by atoms with E-state index in [1.807, 2.05) is 32.0 Å². The molecule has 43 heavy (non-hydrogen) atoms. The highest BCUT2D eigenvalue weighted by Gasteiger charge is 2.36. The normalized spacial score (nSPS) is 12.4. The molecule has 4 N–H and O–H groups in total. The summed E-state index contributed by atoms with van der Waals surface area (Å²) in [5.74, 6) is 1.47. The molecular weight excluding hydrogens is 546 g/mol. The zero-order valence-electron chi connectivity index (χ0n) is 25.2. The number of nitrogens with one attached hydrogen (secondary N) is 2. The molecule has 3 rings (SSSR count). The number of amides is 3. The first kappa shape index (κ1) is 32.7. The molecule has 2 unspecified atom stereocenters. The van der Waals surface area contributed by atoms with E-state index in [1.165, 1.54) is 17.0 Å². The van der Waals surface area contributed by atoms with Crippen LogP contribution >= 0.6 is 0 Å². The van der Waals surface area contributed by atoms with Crippen LogP contribution in [0.3, 0.4) is 0 Å². The average Bonchev–Trinajstić information content (AvgIpc) is 2.94. The molecule has 0 heterocycles. The van der Waals surface area contributed by atoms with Crippen LogP contribution in [0.5, 0.6) is 5.75 Å². The third-order valence-electron chi connectivity index (χ3n) is 6.67. The predicted octanol–water partition coefficient (Wildman–Crippen LogP) is 4.63. The fourth-order valence-corrected chi connectivity index (χ4v) is 4.63. The number of alkyl carbamates (subject to hydrolysis) is 1. The summed E-state index contributed by atoms with van der Waals surface area (Å²) in [6.07, 6.45) is 4.76. The number of aliphatic hydroxyl groups is 1. The predicted molar refractivity (Wildman–Crippen MR) is 165 cm³/mol. The summed E-state index contributed by atoms with van der Waals surface area (Å²) in [6.45, 7) is 8.20. The summed E-state index contributed by atoms with van der Waals surface area (Å²) in [4.78, 5) is 42.5. The number of anilines is 1. The van der Waals surface area contributed by atoms with Crippen molar-refractivity contribution in [1.82, 2.24) is 10.2 Å². The fourth-order valence-electron chi connectivity index (χ4n) is 4.63. The van der Waals surface area contributed by atoms with Crippen molar-refractivity contribution >= 4 is 23.6 Å². The van der Waals surface area contributed by atoms with Gasteiger partial charge in [-0.15, -0.1) is 6.42 Å². The molecule has 3 aromatic carbocycles. The monoisotopic (exact) mass is 585 g/mol. The maximum atomic E-state index is 14.3. The number of benzene rings is 3. The molecule has 0 fully saturated rings. The molecule has 0 radical (unpaired) electrons. The van der Waals surface area contributed by atoms with E-state index in [4.69, 9.17) is 11.2 Å². The van der Waals surface area contributed by atoms with Gasteiger partial charge in [-0.2, -0.15) is 0 Å².